The second-order valence-corrected chi connectivity index (χ2v) is 7.62. The fraction of sp³-hybridized carbons (Fsp3) is 0.333. The Labute approximate surface area is 187 Å². The highest BCUT2D eigenvalue weighted by atomic mass is 16.5. The minimum Gasteiger partial charge on any atom is -0.507 e. The van der Waals surface area contributed by atoms with Gasteiger partial charge in [0.1, 0.15) is 5.76 Å². The average Bonchev–Trinajstić information content (AvgIpc) is 3.06. The van der Waals surface area contributed by atoms with Gasteiger partial charge in [-0.05, 0) is 31.8 Å². The van der Waals surface area contributed by atoms with Crippen molar-refractivity contribution >= 4 is 17.4 Å². The lowest BCUT2D eigenvalue weighted by Gasteiger charge is -2.27. The summed E-state index contributed by atoms with van der Waals surface area (Å²) >= 11 is 0. The van der Waals surface area contributed by atoms with Gasteiger partial charge < -0.3 is 29.1 Å². The first-order valence-corrected chi connectivity index (χ1v) is 10.1. The van der Waals surface area contributed by atoms with Crippen molar-refractivity contribution in [3.63, 3.8) is 0 Å². The van der Waals surface area contributed by atoms with Gasteiger partial charge in [-0.2, -0.15) is 0 Å². The summed E-state index contributed by atoms with van der Waals surface area (Å²) in [6, 6.07) is 11.3. The monoisotopic (exact) mass is 440 g/mol. The minimum atomic E-state index is -0.816. The van der Waals surface area contributed by atoms with Crippen molar-refractivity contribution < 1.29 is 28.9 Å². The molecule has 1 aliphatic rings. The molecule has 0 spiro atoms. The zero-order chi connectivity index (χ0) is 23.4. The van der Waals surface area contributed by atoms with E-state index in [4.69, 9.17) is 14.2 Å². The molecular weight excluding hydrogens is 412 g/mol. The molecule has 2 aromatic rings. The molecule has 1 aliphatic heterocycles. The number of hydrogen-bond acceptors (Lipinski definition) is 7. The van der Waals surface area contributed by atoms with Crippen LogP contribution in [0.4, 0.5) is 0 Å². The third-order valence-electron chi connectivity index (χ3n) is 5.38. The molecule has 1 amide bonds. The number of amides is 1. The summed E-state index contributed by atoms with van der Waals surface area (Å²) in [6.07, 6.45) is 0. The molecule has 8 nitrogen and oxygen atoms in total. The molecule has 0 unspecified atom stereocenters. The Hall–Kier alpha value is -3.52. The number of Topliss-reactive ketones (excluding diaryl/α,β-unsaturated/α-hetero) is 1. The molecule has 2 aromatic carbocycles. The number of rotatable bonds is 8. The average molecular weight is 440 g/mol. The number of nitrogens with zero attached hydrogens (tertiary/aromatic N) is 2. The molecule has 0 aromatic heterocycles. The van der Waals surface area contributed by atoms with Crippen LogP contribution in [0.15, 0.2) is 48.0 Å². The molecule has 3 rings (SSSR count). The van der Waals surface area contributed by atoms with E-state index in [1.807, 2.05) is 25.1 Å². The SMILES string of the molecule is COc1cc([C@@H]2C(=C(O)c3ccccc3)C(=O)C(=O)N2CCN(C)C)cc(OC)c1OC. The van der Waals surface area contributed by atoms with Crippen LogP contribution >= 0.6 is 0 Å². The second-order valence-electron chi connectivity index (χ2n) is 7.62. The largest absolute Gasteiger partial charge is 0.507 e. The van der Waals surface area contributed by atoms with E-state index in [2.05, 4.69) is 0 Å². The second kappa shape index (κ2) is 9.74. The number of aliphatic hydroxyl groups is 1. The van der Waals surface area contributed by atoms with Crippen LogP contribution in [0.1, 0.15) is 17.2 Å². The number of likely N-dealkylation sites (tertiary alicyclic amines) is 1. The Bertz CT molecular complexity index is 1010. The molecule has 0 bridgehead atoms. The number of aliphatic hydroxyl groups excluding tert-OH is 1. The Morgan fingerprint density at radius 2 is 1.59 bits per heavy atom. The number of ether oxygens (including phenoxy) is 3. The highest BCUT2D eigenvalue weighted by molar-refractivity contribution is 6.46. The number of methoxy groups -OCH3 is 3. The lowest BCUT2D eigenvalue weighted by molar-refractivity contribution is -0.140. The fourth-order valence-electron chi connectivity index (χ4n) is 3.78. The molecule has 0 aliphatic carbocycles. The van der Waals surface area contributed by atoms with Gasteiger partial charge in [-0.1, -0.05) is 30.3 Å². The lowest BCUT2D eigenvalue weighted by Crippen LogP contribution is -2.35. The van der Waals surface area contributed by atoms with Gasteiger partial charge in [0, 0.05) is 18.7 Å². The first-order valence-electron chi connectivity index (χ1n) is 10.1. The van der Waals surface area contributed by atoms with E-state index in [0.717, 1.165) is 0 Å². The molecule has 170 valence electrons. The van der Waals surface area contributed by atoms with E-state index in [-0.39, 0.29) is 11.3 Å². The standard InChI is InChI=1S/C24H28N2O6/c1-25(2)11-12-26-20(16-13-17(30-3)23(32-5)18(14-16)31-4)19(22(28)24(26)29)21(27)15-9-7-6-8-10-15/h6-10,13-14,20,27H,11-12H2,1-5H3/t20-/m1/s1. The summed E-state index contributed by atoms with van der Waals surface area (Å²) in [4.78, 5) is 29.5. The molecule has 0 radical (unpaired) electrons. The predicted molar refractivity (Wildman–Crippen MR) is 120 cm³/mol. The zero-order valence-electron chi connectivity index (χ0n) is 18.9. The predicted octanol–water partition coefficient (Wildman–Crippen LogP) is 2.70. The molecule has 1 N–H and O–H groups in total. The molecule has 8 heteroatoms. The van der Waals surface area contributed by atoms with Crippen LogP contribution in [-0.4, -0.2) is 75.1 Å². The van der Waals surface area contributed by atoms with E-state index in [0.29, 0.717) is 41.5 Å². The van der Waals surface area contributed by atoms with Crippen molar-refractivity contribution in [1.29, 1.82) is 0 Å². The van der Waals surface area contributed by atoms with E-state index in [1.165, 1.54) is 26.2 Å². The molecule has 32 heavy (non-hydrogen) atoms. The van der Waals surface area contributed by atoms with Crippen LogP contribution in [-0.2, 0) is 9.59 Å². The third kappa shape index (κ3) is 4.27. The molecule has 1 saturated heterocycles. The van der Waals surface area contributed by atoms with Gasteiger partial charge in [-0.15, -0.1) is 0 Å². The lowest BCUT2D eigenvalue weighted by atomic mass is 9.94. The quantitative estimate of drug-likeness (QED) is 0.384. The van der Waals surface area contributed by atoms with Gasteiger partial charge in [0.05, 0.1) is 32.9 Å². The van der Waals surface area contributed by atoms with Gasteiger partial charge in [0.25, 0.3) is 11.7 Å². The van der Waals surface area contributed by atoms with Crippen LogP contribution in [0.25, 0.3) is 5.76 Å². The van der Waals surface area contributed by atoms with Crippen LogP contribution in [0.3, 0.4) is 0 Å². The Kier molecular flexibility index (Phi) is 7.05. The maximum atomic E-state index is 13.1. The summed E-state index contributed by atoms with van der Waals surface area (Å²) in [6.45, 7) is 0.837. The van der Waals surface area contributed by atoms with Gasteiger partial charge in [0.2, 0.25) is 5.75 Å². The normalized spacial score (nSPS) is 17.7. The number of benzene rings is 2. The number of carbonyl (C=O) groups excluding carboxylic acids is 2. The smallest absolute Gasteiger partial charge is 0.295 e. The Morgan fingerprint density at radius 1 is 1.00 bits per heavy atom. The number of likely N-dealkylation sites (N-methyl/N-ethyl adjacent to an activating group) is 1. The Balaban J connectivity index is 2.24. The highest BCUT2D eigenvalue weighted by Gasteiger charge is 2.46. The van der Waals surface area contributed by atoms with E-state index in [1.54, 1.807) is 36.4 Å². The van der Waals surface area contributed by atoms with Crippen LogP contribution in [0.2, 0.25) is 0 Å². The van der Waals surface area contributed by atoms with Crippen LogP contribution in [0.5, 0.6) is 17.2 Å². The van der Waals surface area contributed by atoms with Gasteiger partial charge in [-0.25, -0.2) is 0 Å². The van der Waals surface area contributed by atoms with Gasteiger partial charge in [-0.3, -0.25) is 9.59 Å². The van der Waals surface area contributed by atoms with Crippen molar-refractivity contribution in [2.24, 2.45) is 0 Å². The first kappa shape index (κ1) is 23.1. The number of hydrogen-bond donors (Lipinski definition) is 1. The summed E-state index contributed by atoms with van der Waals surface area (Å²) in [7, 11) is 8.25. The van der Waals surface area contributed by atoms with Crippen molar-refractivity contribution in [3.8, 4) is 17.2 Å². The van der Waals surface area contributed by atoms with Gasteiger partial charge in [0.15, 0.2) is 11.5 Å². The molecular formula is C24H28N2O6. The summed E-state index contributed by atoms with van der Waals surface area (Å²) in [5, 5.41) is 11.1. The van der Waals surface area contributed by atoms with Crippen molar-refractivity contribution in [2.75, 3.05) is 48.5 Å². The van der Waals surface area contributed by atoms with Gasteiger partial charge >= 0.3 is 0 Å². The summed E-state index contributed by atoms with van der Waals surface area (Å²) < 4.78 is 16.3. The van der Waals surface area contributed by atoms with Crippen LogP contribution in [0, 0.1) is 0 Å². The first-order chi connectivity index (χ1) is 15.3. The topological polar surface area (TPSA) is 88.5 Å². The number of ketones is 1. The molecule has 1 atom stereocenters. The molecule has 0 saturated carbocycles. The van der Waals surface area contributed by atoms with Crippen molar-refractivity contribution in [2.45, 2.75) is 6.04 Å². The fourth-order valence-corrected chi connectivity index (χ4v) is 3.78. The maximum absolute atomic E-state index is 13.1. The molecule has 1 fully saturated rings. The van der Waals surface area contributed by atoms with Crippen molar-refractivity contribution in [1.82, 2.24) is 9.80 Å². The maximum Gasteiger partial charge on any atom is 0.295 e. The zero-order valence-corrected chi connectivity index (χ0v) is 18.9. The minimum absolute atomic E-state index is 0.0224. The van der Waals surface area contributed by atoms with Crippen molar-refractivity contribution in [3.05, 3.63) is 59.2 Å². The highest BCUT2D eigenvalue weighted by Crippen LogP contribution is 2.45. The number of carbonyl (C=O) groups is 2. The van der Waals surface area contributed by atoms with E-state index < -0.39 is 17.7 Å². The van der Waals surface area contributed by atoms with E-state index >= 15 is 0 Å². The summed E-state index contributed by atoms with van der Waals surface area (Å²) in [5.41, 5.74) is 1.04. The summed E-state index contributed by atoms with van der Waals surface area (Å²) in [5.74, 6) is -0.450. The third-order valence-corrected chi connectivity index (χ3v) is 5.38. The molecule has 1 heterocycles. The Morgan fingerprint density at radius 3 is 2.09 bits per heavy atom. The van der Waals surface area contributed by atoms with E-state index in [9.17, 15) is 14.7 Å². The van der Waals surface area contributed by atoms with Crippen LogP contribution < -0.4 is 14.2 Å².